The molecule has 1 N–H and O–H groups in total. The van der Waals surface area contributed by atoms with Crippen molar-refractivity contribution in [2.75, 3.05) is 33.8 Å². The van der Waals surface area contributed by atoms with Crippen molar-refractivity contribution < 1.29 is 14.6 Å². The monoisotopic (exact) mass is 438 g/mol. The van der Waals surface area contributed by atoms with Crippen LogP contribution in [0.15, 0.2) is 48.5 Å². The summed E-state index contributed by atoms with van der Waals surface area (Å²) in [6, 6.07) is 16.2. The second kappa shape index (κ2) is 9.81. The van der Waals surface area contributed by atoms with E-state index in [1.807, 2.05) is 24.3 Å². The number of methoxy groups -OCH3 is 1. The number of hydrogen-bond donors (Lipinski definition) is 1. The molecule has 7 heteroatoms. The quantitative estimate of drug-likeness (QED) is 0.764. The van der Waals surface area contributed by atoms with Crippen molar-refractivity contribution >= 4 is 30.8 Å². The Hall–Kier alpha value is -1.79. The van der Waals surface area contributed by atoms with Crippen LogP contribution in [0.5, 0.6) is 5.75 Å². The Bertz CT molecular complexity index is 814. The summed E-state index contributed by atoms with van der Waals surface area (Å²) in [5.74, 6) is 1.33. The van der Waals surface area contributed by atoms with Crippen molar-refractivity contribution in [2.24, 2.45) is 11.8 Å². The Morgan fingerprint density at radius 3 is 2.28 bits per heavy atom. The van der Waals surface area contributed by atoms with Gasteiger partial charge in [0.15, 0.2) is 0 Å². The summed E-state index contributed by atoms with van der Waals surface area (Å²) in [5, 5.41) is 9.04. The molecule has 2 fully saturated rings. The number of fused-ring (bicyclic) bond motifs is 1. The summed E-state index contributed by atoms with van der Waals surface area (Å²) in [4.78, 5) is 16.0. The number of hydrogen-bond acceptors (Lipinski definition) is 4. The van der Waals surface area contributed by atoms with Gasteiger partial charge in [-0.15, -0.1) is 24.8 Å². The molecule has 0 unspecified atom stereocenters. The topological polar surface area (TPSA) is 53.0 Å². The van der Waals surface area contributed by atoms with Gasteiger partial charge in [-0.25, -0.2) is 4.79 Å². The molecule has 2 heterocycles. The number of aromatic carboxylic acids is 1. The fourth-order valence-electron chi connectivity index (χ4n) is 4.79. The van der Waals surface area contributed by atoms with Gasteiger partial charge < -0.3 is 9.84 Å². The molecule has 4 rings (SSSR count). The highest BCUT2D eigenvalue weighted by Crippen LogP contribution is 2.44. The predicted octanol–water partition coefficient (Wildman–Crippen LogP) is 3.97. The molecule has 0 bridgehead atoms. The van der Waals surface area contributed by atoms with E-state index in [4.69, 9.17) is 9.84 Å². The SMILES string of the molecule is COc1ccc([C@@H]2[C@@H]3CN(Cc4ccc(C(=O)O)cc4)C[C@@H]3CN2C)cc1.Cl.Cl. The molecule has 2 saturated heterocycles. The van der Waals surface area contributed by atoms with Crippen LogP contribution in [0.4, 0.5) is 0 Å². The first-order valence-corrected chi connectivity index (χ1v) is 9.44. The second-order valence-corrected chi connectivity index (χ2v) is 7.78. The largest absolute Gasteiger partial charge is 0.497 e. The standard InChI is InChI=1S/C22H26N2O3.2ClH/c1-23-12-18-13-24(11-15-3-5-17(6-4-15)22(25)26)14-20(18)21(23)16-7-9-19(27-2)10-8-16;;/h3-10,18,20-21H,11-14H2,1-2H3,(H,25,26);2*1H/t18-,20+,21+;;/m0../s1. The van der Waals surface area contributed by atoms with Gasteiger partial charge in [0.2, 0.25) is 0 Å². The third-order valence-electron chi connectivity index (χ3n) is 6.03. The Labute approximate surface area is 184 Å². The smallest absolute Gasteiger partial charge is 0.335 e. The number of ether oxygens (including phenoxy) is 1. The zero-order valence-electron chi connectivity index (χ0n) is 16.7. The fourth-order valence-corrected chi connectivity index (χ4v) is 4.79. The lowest BCUT2D eigenvalue weighted by Gasteiger charge is -2.27. The van der Waals surface area contributed by atoms with Gasteiger partial charge in [0.25, 0.3) is 0 Å². The molecule has 0 saturated carbocycles. The molecule has 0 aliphatic carbocycles. The van der Waals surface area contributed by atoms with Crippen molar-refractivity contribution in [1.82, 2.24) is 9.80 Å². The zero-order valence-corrected chi connectivity index (χ0v) is 18.3. The van der Waals surface area contributed by atoms with E-state index >= 15 is 0 Å². The van der Waals surface area contributed by atoms with Gasteiger partial charge in [-0.05, 0) is 54.3 Å². The van der Waals surface area contributed by atoms with Crippen LogP contribution in [-0.2, 0) is 6.54 Å². The maximum Gasteiger partial charge on any atom is 0.335 e. The van der Waals surface area contributed by atoms with Crippen LogP contribution in [0.25, 0.3) is 0 Å². The number of nitrogens with zero attached hydrogens (tertiary/aromatic N) is 2. The van der Waals surface area contributed by atoms with Crippen LogP contribution in [0.3, 0.4) is 0 Å². The van der Waals surface area contributed by atoms with E-state index in [0.717, 1.165) is 31.9 Å². The molecule has 2 aromatic rings. The van der Waals surface area contributed by atoms with Crippen LogP contribution < -0.4 is 4.74 Å². The minimum atomic E-state index is -0.873. The summed E-state index contributed by atoms with van der Waals surface area (Å²) >= 11 is 0. The molecular formula is C22H28Cl2N2O3. The molecular weight excluding hydrogens is 411 g/mol. The molecule has 2 aromatic carbocycles. The van der Waals surface area contributed by atoms with Gasteiger partial charge in [-0.2, -0.15) is 0 Å². The maximum atomic E-state index is 11.0. The first kappa shape index (κ1) is 23.5. The lowest BCUT2D eigenvalue weighted by Crippen LogP contribution is -2.28. The highest BCUT2D eigenvalue weighted by molar-refractivity contribution is 5.87. The van der Waals surface area contributed by atoms with E-state index < -0.39 is 5.97 Å². The lowest BCUT2D eigenvalue weighted by molar-refractivity contribution is 0.0697. The Kier molecular flexibility index (Phi) is 7.94. The van der Waals surface area contributed by atoms with Gasteiger partial charge in [0.05, 0.1) is 12.7 Å². The number of carbonyl (C=O) groups is 1. The van der Waals surface area contributed by atoms with E-state index in [2.05, 4.69) is 29.0 Å². The third-order valence-corrected chi connectivity index (χ3v) is 6.03. The Balaban J connectivity index is 0.00000150. The molecule has 2 aliphatic rings. The minimum Gasteiger partial charge on any atom is -0.497 e. The highest BCUT2D eigenvalue weighted by Gasteiger charge is 2.45. The van der Waals surface area contributed by atoms with Gasteiger partial charge in [0.1, 0.15) is 5.75 Å². The van der Waals surface area contributed by atoms with E-state index in [0.29, 0.717) is 23.4 Å². The first-order chi connectivity index (χ1) is 13.0. The predicted molar refractivity (Wildman–Crippen MR) is 119 cm³/mol. The Morgan fingerprint density at radius 2 is 1.69 bits per heavy atom. The molecule has 0 radical (unpaired) electrons. The van der Waals surface area contributed by atoms with E-state index in [-0.39, 0.29) is 24.8 Å². The van der Waals surface area contributed by atoms with Crippen molar-refractivity contribution in [3.05, 3.63) is 65.2 Å². The van der Waals surface area contributed by atoms with Gasteiger partial charge >= 0.3 is 5.97 Å². The first-order valence-electron chi connectivity index (χ1n) is 9.44. The van der Waals surface area contributed by atoms with Crippen LogP contribution in [0.2, 0.25) is 0 Å². The molecule has 5 nitrogen and oxygen atoms in total. The number of carboxylic acids is 1. The van der Waals surface area contributed by atoms with Crippen LogP contribution in [-0.4, -0.2) is 54.7 Å². The highest BCUT2D eigenvalue weighted by atomic mass is 35.5. The van der Waals surface area contributed by atoms with Gasteiger partial charge in [-0.1, -0.05) is 24.3 Å². The van der Waals surface area contributed by atoms with Crippen molar-refractivity contribution in [1.29, 1.82) is 0 Å². The van der Waals surface area contributed by atoms with Crippen molar-refractivity contribution in [3.8, 4) is 5.75 Å². The summed E-state index contributed by atoms with van der Waals surface area (Å²) < 4.78 is 5.29. The normalized spacial score (nSPS) is 23.7. The number of halogens is 2. The average Bonchev–Trinajstić information content (AvgIpc) is 3.18. The summed E-state index contributed by atoms with van der Waals surface area (Å²) in [6.45, 7) is 4.18. The fraction of sp³-hybridized carbons (Fsp3) is 0.409. The number of rotatable bonds is 5. The maximum absolute atomic E-state index is 11.0. The number of carboxylic acid groups (broad SMARTS) is 1. The van der Waals surface area contributed by atoms with E-state index in [1.165, 1.54) is 11.1 Å². The molecule has 158 valence electrons. The molecule has 2 aliphatic heterocycles. The summed E-state index contributed by atoms with van der Waals surface area (Å²) in [5.41, 5.74) is 2.88. The molecule has 29 heavy (non-hydrogen) atoms. The third kappa shape index (κ3) is 4.86. The van der Waals surface area contributed by atoms with E-state index in [9.17, 15) is 4.79 Å². The van der Waals surface area contributed by atoms with Crippen LogP contribution >= 0.6 is 24.8 Å². The summed E-state index contributed by atoms with van der Waals surface area (Å²) in [7, 11) is 3.92. The van der Waals surface area contributed by atoms with Gasteiger partial charge in [0, 0.05) is 32.2 Å². The zero-order chi connectivity index (χ0) is 19.0. The lowest BCUT2D eigenvalue weighted by atomic mass is 9.89. The minimum absolute atomic E-state index is 0. The second-order valence-electron chi connectivity index (χ2n) is 7.78. The van der Waals surface area contributed by atoms with Gasteiger partial charge in [-0.3, -0.25) is 9.80 Å². The van der Waals surface area contributed by atoms with Crippen LogP contribution in [0, 0.1) is 11.8 Å². The number of likely N-dealkylation sites (tertiary alicyclic amines) is 2. The van der Waals surface area contributed by atoms with E-state index in [1.54, 1.807) is 19.2 Å². The Morgan fingerprint density at radius 1 is 1.03 bits per heavy atom. The van der Waals surface area contributed by atoms with Crippen molar-refractivity contribution in [3.63, 3.8) is 0 Å². The molecule has 0 amide bonds. The van der Waals surface area contributed by atoms with Crippen molar-refractivity contribution in [2.45, 2.75) is 12.6 Å². The molecule has 0 spiro atoms. The molecule has 0 aromatic heterocycles. The number of benzene rings is 2. The molecule has 3 atom stereocenters. The van der Waals surface area contributed by atoms with Crippen LogP contribution in [0.1, 0.15) is 27.5 Å². The average molecular weight is 439 g/mol. The summed E-state index contributed by atoms with van der Waals surface area (Å²) in [6.07, 6.45) is 0.